The molecule has 3 heteroatoms. The zero-order chi connectivity index (χ0) is 19.6. The van der Waals surface area contributed by atoms with Crippen molar-refractivity contribution in [3.8, 4) is 5.75 Å². The molecule has 1 amide bonds. The number of hydrogen-bond acceptors (Lipinski definition) is 2. The van der Waals surface area contributed by atoms with E-state index < -0.39 is 0 Å². The molecule has 0 aliphatic heterocycles. The van der Waals surface area contributed by atoms with Gasteiger partial charge in [-0.1, -0.05) is 54.6 Å². The predicted molar refractivity (Wildman–Crippen MR) is 115 cm³/mol. The number of amides is 1. The molecule has 0 saturated heterocycles. The van der Waals surface area contributed by atoms with Gasteiger partial charge in [-0.2, -0.15) is 0 Å². The second-order valence-corrected chi connectivity index (χ2v) is 8.79. The lowest BCUT2D eigenvalue weighted by atomic mass is 9.85. The van der Waals surface area contributed by atoms with Crippen molar-refractivity contribution < 1.29 is 9.53 Å². The number of nitrogens with zero attached hydrogens (tertiary/aromatic N) is 1. The summed E-state index contributed by atoms with van der Waals surface area (Å²) in [6.45, 7) is 0.959. The second kappa shape index (κ2) is 8.06. The Bertz CT molecular complexity index is 891. The number of hydrogen-bond donors (Lipinski definition) is 0. The molecule has 4 atom stereocenters. The van der Waals surface area contributed by atoms with E-state index in [9.17, 15) is 4.79 Å². The van der Waals surface area contributed by atoms with Gasteiger partial charge in [-0.15, -0.1) is 0 Å². The average molecular weight is 388 g/mol. The first-order valence-electron chi connectivity index (χ1n) is 11.0. The van der Waals surface area contributed by atoms with Gasteiger partial charge in [0.1, 0.15) is 5.75 Å². The minimum absolute atomic E-state index is 0.110. The maximum atomic E-state index is 13.4. The highest BCUT2D eigenvalue weighted by atomic mass is 16.5. The summed E-state index contributed by atoms with van der Waals surface area (Å²) < 4.78 is 5.85. The zero-order valence-electron chi connectivity index (χ0n) is 16.9. The van der Waals surface area contributed by atoms with Crippen molar-refractivity contribution in [1.29, 1.82) is 0 Å². The van der Waals surface area contributed by atoms with Gasteiger partial charge in [0.05, 0.1) is 6.04 Å². The molecule has 1 fully saturated rings. The Morgan fingerprint density at radius 3 is 2.62 bits per heavy atom. The van der Waals surface area contributed by atoms with Crippen molar-refractivity contribution in [3.63, 3.8) is 0 Å². The number of fused-ring (bicyclic) bond motifs is 3. The fraction of sp³-hybridized carbons (Fsp3) is 0.423. The summed E-state index contributed by atoms with van der Waals surface area (Å²) in [4.78, 5) is 15.6. The van der Waals surface area contributed by atoms with Gasteiger partial charge in [-0.05, 0) is 73.1 Å². The molecule has 2 aromatic rings. The SMILES string of the molecule is O=C(COc1ccccc1)N(C[C@@H]1C[C@@H]2C=C[C@@H]1C2)[C@@H]1CCCc2ccccc21. The lowest BCUT2D eigenvalue weighted by molar-refractivity contribution is -0.137. The highest BCUT2D eigenvalue weighted by Crippen LogP contribution is 2.45. The number of benzene rings is 2. The summed E-state index contributed by atoms with van der Waals surface area (Å²) >= 11 is 0. The van der Waals surface area contributed by atoms with Crippen LogP contribution in [0.3, 0.4) is 0 Å². The van der Waals surface area contributed by atoms with Crippen molar-refractivity contribution in [1.82, 2.24) is 4.90 Å². The van der Waals surface area contributed by atoms with Gasteiger partial charge in [0.2, 0.25) is 0 Å². The lowest BCUT2D eigenvalue weighted by Crippen LogP contribution is -2.43. The Labute approximate surface area is 173 Å². The van der Waals surface area contributed by atoms with Crippen LogP contribution in [-0.4, -0.2) is 24.0 Å². The van der Waals surface area contributed by atoms with Crippen molar-refractivity contribution in [2.45, 2.75) is 38.1 Å². The van der Waals surface area contributed by atoms with E-state index >= 15 is 0 Å². The number of carbonyl (C=O) groups is 1. The second-order valence-electron chi connectivity index (χ2n) is 8.79. The first kappa shape index (κ1) is 18.5. The third kappa shape index (κ3) is 3.83. The van der Waals surface area contributed by atoms with Gasteiger partial charge in [-0.25, -0.2) is 0 Å². The van der Waals surface area contributed by atoms with E-state index in [-0.39, 0.29) is 18.6 Å². The van der Waals surface area contributed by atoms with E-state index in [2.05, 4.69) is 41.3 Å². The minimum atomic E-state index is 0.110. The minimum Gasteiger partial charge on any atom is -0.484 e. The van der Waals surface area contributed by atoms with E-state index in [1.807, 2.05) is 30.3 Å². The van der Waals surface area contributed by atoms with Gasteiger partial charge in [0.25, 0.3) is 5.91 Å². The summed E-state index contributed by atoms with van der Waals surface area (Å²) in [5, 5.41) is 0. The van der Waals surface area contributed by atoms with Crippen LogP contribution < -0.4 is 4.74 Å². The normalized spacial score (nSPS) is 26.9. The molecule has 1 saturated carbocycles. The number of rotatable bonds is 6. The topological polar surface area (TPSA) is 29.5 Å². The van der Waals surface area contributed by atoms with Gasteiger partial charge in [0, 0.05) is 6.54 Å². The Morgan fingerprint density at radius 1 is 1.00 bits per heavy atom. The number of carbonyl (C=O) groups excluding carboxylic acids is 1. The Balaban J connectivity index is 1.37. The number of aryl methyl sites for hydroxylation is 1. The molecule has 0 N–H and O–H groups in total. The molecule has 2 aromatic carbocycles. The smallest absolute Gasteiger partial charge is 0.261 e. The molecular weight excluding hydrogens is 358 g/mol. The first-order chi connectivity index (χ1) is 14.3. The van der Waals surface area contributed by atoms with Gasteiger partial charge >= 0.3 is 0 Å². The Morgan fingerprint density at radius 2 is 1.83 bits per heavy atom. The molecule has 5 rings (SSSR count). The summed E-state index contributed by atoms with van der Waals surface area (Å²) in [6, 6.07) is 18.5. The van der Waals surface area contributed by atoms with Crippen LogP contribution in [0, 0.1) is 17.8 Å². The third-order valence-corrected chi connectivity index (χ3v) is 6.99. The van der Waals surface area contributed by atoms with Crippen LogP contribution >= 0.6 is 0 Å². The molecule has 3 aliphatic carbocycles. The van der Waals surface area contributed by atoms with Crippen LogP contribution in [0.1, 0.15) is 42.9 Å². The standard InChI is InChI=1S/C26H29NO2/c28-26(18-29-23-9-2-1-3-10-23)27(17-22-16-19-13-14-21(22)15-19)25-12-6-8-20-7-4-5-11-24(20)25/h1-5,7,9-11,13-14,19,21-22,25H,6,8,12,15-18H2/t19-,21-,22+,25-/m1/s1. The molecule has 29 heavy (non-hydrogen) atoms. The number of allylic oxidation sites excluding steroid dienone is 2. The van der Waals surface area contributed by atoms with E-state index in [0.29, 0.717) is 11.8 Å². The van der Waals surface area contributed by atoms with Crippen LogP contribution in [0.25, 0.3) is 0 Å². The zero-order valence-corrected chi connectivity index (χ0v) is 16.9. The van der Waals surface area contributed by atoms with E-state index in [0.717, 1.165) is 37.5 Å². The summed E-state index contributed by atoms with van der Waals surface area (Å²) in [5.41, 5.74) is 2.74. The first-order valence-corrected chi connectivity index (χ1v) is 11.0. The van der Waals surface area contributed by atoms with Crippen LogP contribution in [0.5, 0.6) is 5.75 Å². The molecule has 0 unspecified atom stereocenters. The van der Waals surface area contributed by atoms with Crippen molar-refractivity contribution in [2.24, 2.45) is 17.8 Å². The highest BCUT2D eigenvalue weighted by Gasteiger charge is 2.39. The van der Waals surface area contributed by atoms with Crippen LogP contribution in [0.2, 0.25) is 0 Å². The van der Waals surface area contributed by atoms with Crippen LogP contribution in [0.15, 0.2) is 66.7 Å². The van der Waals surface area contributed by atoms with E-state index in [4.69, 9.17) is 4.74 Å². The predicted octanol–water partition coefficient (Wildman–Crippen LogP) is 5.18. The summed E-state index contributed by atoms with van der Waals surface area (Å²) in [6.07, 6.45) is 10.6. The quantitative estimate of drug-likeness (QED) is 0.639. The maximum Gasteiger partial charge on any atom is 0.261 e. The summed E-state index contributed by atoms with van der Waals surface area (Å²) in [7, 11) is 0. The van der Waals surface area contributed by atoms with Gasteiger partial charge < -0.3 is 9.64 Å². The average Bonchev–Trinajstić information content (AvgIpc) is 3.40. The molecule has 2 bridgehead atoms. The Kier molecular flexibility index (Phi) is 5.13. The largest absolute Gasteiger partial charge is 0.484 e. The van der Waals surface area contributed by atoms with Gasteiger partial charge in [0.15, 0.2) is 6.61 Å². The van der Waals surface area contributed by atoms with Crippen molar-refractivity contribution >= 4 is 5.91 Å². The van der Waals surface area contributed by atoms with Crippen molar-refractivity contribution in [2.75, 3.05) is 13.2 Å². The fourth-order valence-electron chi connectivity index (χ4n) is 5.56. The van der Waals surface area contributed by atoms with Crippen molar-refractivity contribution in [3.05, 3.63) is 77.9 Å². The molecule has 150 valence electrons. The van der Waals surface area contributed by atoms with E-state index in [1.165, 1.54) is 24.0 Å². The number of para-hydroxylation sites is 1. The molecule has 0 heterocycles. The van der Waals surface area contributed by atoms with Crippen LogP contribution in [-0.2, 0) is 11.2 Å². The molecule has 3 nitrogen and oxygen atoms in total. The monoisotopic (exact) mass is 387 g/mol. The Hall–Kier alpha value is -2.55. The maximum absolute atomic E-state index is 13.4. The van der Waals surface area contributed by atoms with Gasteiger partial charge in [-0.3, -0.25) is 4.79 Å². The lowest BCUT2D eigenvalue weighted by Gasteiger charge is -2.38. The summed E-state index contributed by atoms with van der Waals surface area (Å²) in [5.74, 6) is 2.82. The third-order valence-electron chi connectivity index (χ3n) is 6.99. The van der Waals surface area contributed by atoms with Crippen LogP contribution in [0.4, 0.5) is 0 Å². The molecule has 3 aliphatic rings. The molecule has 0 radical (unpaired) electrons. The number of ether oxygens (including phenoxy) is 1. The molecular formula is C26H29NO2. The highest BCUT2D eigenvalue weighted by molar-refractivity contribution is 5.78. The molecule has 0 aromatic heterocycles. The fourth-order valence-corrected chi connectivity index (χ4v) is 5.56. The van der Waals surface area contributed by atoms with E-state index in [1.54, 1.807) is 0 Å². The molecule has 0 spiro atoms.